The number of nitrogens with zero attached hydrogens (tertiary/aromatic N) is 2. The Kier molecular flexibility index (Phi) is 3.73. The standard InChI is InChI=1S/C14H23N3O/c1-3-5-11-6-8-14(9-7-11)12(15)16-13(18)17(14)10-4-2/h4,11H,2-3,5-10H2,1H3,(H2,15,16,18). The smallest absolute Gasteiger partial charge is 0.346 e. The molecule has 0 atom stereocenters. The normalized spacial score (nSPS) is 31.8. The van der Waals surface area contributed by atoms with E-state index in [1.165, 1.54) is 12.8 Å². The van der Waals surface area contributed by atoms with Gasteiger partial charge in [-0.2, -0.15) is 4.99 Å². The number of urea groups is 1. The Labute approximate surface area is 109 Å². The van der Waals surface area contributed by atoms with Crippen molar-refractivity contribution >= 4 is 11.9 Å². The van der Waals surface area contributed by atoms with E-state index >= 15 is 0 Å². The van der Waals surface area contributed by atoms with E-state index in [0.29, 0.717) is 12.4 Å². The lowest BCUT2D eigenvalue weighted by Crippen LogP contribution is -2.56. The summed E-state index contributed by atoms with van der Waals surface area (Å²) >= 11 is 0. The van der Waals surface area contributed by atoms with Gasteiger partial charge in [0, 0.05) is 6.54 Å². The van der Waals surface area contributed by atoms with E-state index in [2.05, 4.69) is 18.5 Å². The van der Waals surface area contributed by atoms with E-state index in [4.69, 9.17) is 5.73 Å². The molecule has 18 heavy (non-hydrogen) atoms. The van der Waals surface area contributed by atoms with Crippen molar-refractivity contribution < 1.29 is 4.79 Å². The van der Waals surface area contributed by atoms with Crippen LogP contribution in [0.1, 0.15) is 45.4 Å². The summed E-state index contributed by atoms with van der Waals surface area (Å²) in [4.78, 5) is 17.6. The van der Waals surface area contributed by atoms with Gasteiger partial charge in [-0.3, -0.25) is 0 Å². The fraction of sp³-hybridized carbons (Fsp3) is 0.714. The number of carbonyl (C=O) groups is 1. The van der Waals surface area contributed by atoms with E-state index in [1.807, 2.05) is 0 Å². The van der Waals surface area contributed by atoms with E-state index in [0.717, 1.165) is 31.6 Å². The van der Waals surface area contributed by atoms with Crippen LogP contribution in [0.15, 0.2) is 17.6 Å². The number of hydrogen-bond donors (Lipinski definition) is 1. The molecule has 1 fully saturated rings. The van der Waals surface area contributed by atoms with Crippen molar-refractivity contribution in [2.75, 3.05) is 6.54 Å². The second-order valence-corrected chi connectivity index (χ2v) is 5.44. The van der Waals surface area contributed by atoms with Crippen LogP contribution in [0.3, 0.4) is 0 Å². The molecule has 2 aliphatic rings. The van der Waals surface area contributed by atoms with Crippen LogP contribution in [0, 0.1) is 5.92 Å². The minimum Gasteiger partial charge on any atom is -0.385 e. The average molecular weight is 249 g/mol. The third-order valence-electron chi connectivity index (χ3n) is 4.38. The van der Waals surface area contributed by atoms with Crippen LogP contribution < -0.4 is 5.73 Å². The maximum absolute atomic E-state index is 11.9. The largest absolute Gasteiger partial charge is 0.385 e. The van der Waals surface area contributed by atoms with Crippen LogP contribution in [0.4, 0.5) is 4.79 Å². The second-order valence-electron chi connectivity index (χ2n) is 5.44. The summed E-state index contributed by atoms with van der Waals surface area (Å²) in [6.07, 6.45) is 8.46. The maximum atomic E-state index is 11.9. The number of hydrogen-bond acceptors (Lipinski definition) is 2. The van der Waals surface area contributed by atoms with Crippen LogP contribution in [0.25, 0.3) is 0 Å². The molecule has 0 unspecified atom stereocenters. The first kappa shape index (κ1) is 13.1. The molecule has 2 amide bonds. The summed E-state index contributed by atoms with van der Waals surface area (Å²) < 4.78 is 0. The third-order valence-corrected chi connectivity index (χ3v) is 4.38. The molecule has 100 valence electrons. The summed E-state index contributed by atoms with van der Waals surface area (Å²) in [7, 11) is 0. The molecule has 4 nitrogen and oxygen atoms in total. The Balaban J connectivity index is 2.12. The molecule has 1 heterocycles. The molecule has 1 spiro atoms. The van der Waals surface area contributed by atoms with Gasteiger partial charge in [-0.05, 0) is 31.6 Å². The van der Waals surface area contributed by atoms with Gasteiger partial charge in [-0.1, -0.05) is 25.8 Å². The minimum absolute atomic E-state index is 0.193. The van der Waals surface area contributed by atoms with Crippen LogP contribution in [-0.2, 0) is 0 Å². The molecule has 0 bridgehead atoms. The Morgan fingerprint density at radius 1 is 1.56 bits per heavy atom. The number of amides is 2. The zero-order chi connectivity index (χ0) is 13.2. The molecule has 1 saturated carbocycles. The van der Waals surface area contributed by atoms with E-state index in [-0.39, 0.29) is 11.6 Å². The number of aliphatic imine (C=N–C) groups is 1. The van der Waals surface area contributed by atoms with Crippen molar-refractivity contribution in [1.29, 1.82) is 0 Å². The summed E-state index contributed by atoms with van der Waals surface area (Å²) in [5, 5.41) is 0. The summed E-state index contributed by atoms with van der Waals surface area (Å²) in [6, 6.07) is -0.193. The first-order valence-corrected chi connectivity index (χ1v) is 6.91. The quantitative estimate of drug-likeness (QED) is 0.779. The van der Waals surface area contributed by atoms with Gasteiger partial charge in [0.2, 0.25) is 0 Å². The highest BCUT2D eigenvalue weighted by molar-refractivity contribution is 6.05. The van der Waals surface area contributed by atoms with Crippen molar-refractivity contribution in [3.63, 3.8) is 0 Å². The predicted molar refractivity (Wildman–Crippen MR) is 73.5 cm³/mol. The zero-order valence-corrected chi connectivity index (χ0v) is 11.2. The van der Waals surface area contributed by atoms with Gasteiger partial charge >= 0.3 is 6.03 Å². The molecule has 4 heteroatoms. The molecule has 1 aliphatic heterocycles. The lowest BCUT2D eigenvalue weighted by Gasteiger charge is -2.42. The minimum atomic E-state index is -0.310. The van der Waals surface area contributed by atoms with E-state index < -0.39 is 0 Å². The van der Waals surface area contributed by atoms with E-state index in [9.17, 15) is 4.79 Å². The fourth-order valence-electron chi connectivity index (χ4n) is 3.35. The van der Waals surface area contributed by atoms with Crippen molar-refractivity contribution in [1.82, 2.24) is 4.90 Å². The molecule has 2 N–H and O–H groups in total. The Bertz CT molecular complexity index is 367. The predicted octanol–water partition coefficient (Wildman–Crippen LogP) is 2.69. The number of nitrogens with two attached hydrogens (primary N) is 1. The first-order chi connectivity index (χ1) is 8.64. The molecular weight excluding hydrogens is 226 g/mol. The van der Waals surface area contributed by atoms with Gasteiger partial charge < -0.3 is 10.6 Å². The molecule has 0 aromatic carbocycles. The maximum Gasteiger partial charge on any atom is 0.346 e. The SMILES string of the molecule is C=CCN1C(=O)N=C(N)C12CCC(CCC)CC2. The topological polar surface area (TPSA) is 58.7 Å². The number of carbonyl (C=O) groups excluding carboxylic acids is 1. The van der Waals surface area contributed by atoms with Gasteiger partial charge in [0.05, 0.1) is 0 Å². The molecule has 2 rings (SSSR count). The van der Waals surface area contributed by atoms with Gasteiger partial charge in [0.15, 0.2) is 0 Å². The molecule has 0 aromatic heterocycles. The third kappa shape index (κ3) is 2.04. The van der Waals surface area contributed by atoms with Crippen LogP contribution >= 0.6 is 0 Å². The van der Waals surface area contributed by atoms with Crippen molar-refractivity contribution in [2.24, 2.45) is 16.6 Å². The summed E-state index contributed by atoms with van der Waals surface area (Å²) in [6.45, 7) is 6.49. The lowest BCUT2D eigenvalue weighted by molar-refractivity contribution is 0.132. The highest BCUT2D eigenvalue weighted by Gasteiger charge is 2.49. The average Bonchev–Trinajstić information content (AvgIpc) is 2.58. The Morgan fingerprint density at radius 3 is 2.78 bits per heavy atom. The molecule has 1 aliphatic carbocycles. The monoisotopic (exact) mass is 249 g/mol. The van der Waals surface area contributed by atoms with Gasteiger partial charge in [0.1, 0.15) is 11.4 Å². The fourth-order valence-corrected chi connectivity index (χ4v) is 3.35. The van der Waals surface area contributed by atoms with Crippen molar-refractivity contribution in [3.05, 3.63) is 12.7 Å². The Hall–Kier alpha value is -1.32. The highest BCUT2D eigenvalue weighted by Crippen LogP contribution is 2.41. The summed E-state index contributed by atoms with van der Waals surface area (Å²) in [5.41, 5.74) is 5.72. The second kappa shape index (κ2) is 5.12. The van der Waals surface area contributed by atoms with Gasteiger partial charge in [0.25, 0.3) is 0 Å². The number of amidine groups is 1. The molecule has 0 saturated heterocycles. The van der Waals surface area contributed by atoms with Gasteiger partial charge in [-0.15, -0.1) is 6.58 Å². The van der Waals surface area contributed by atoms with Gasteiger partial charge in [-0.25, -0.2) is 4.79 Å². The lowest BCUT2D eigenvalue weighted by atomic mass is 9.74. The first-order valence-electron chi connectivity index (χ1n) is 6.91. The van der Waals surface area contributed by atoms with Crippen LogP contribution in [-0.4, -0.2) is 28.9 Å². The van der Waals surface area contributed by atoms with Crippen molar-refractivity contribution in [2.45, 2.75) is 51.0 Å². The van der Waals surface area contributed by atoms with E-state index in [1.54, 1.807) is 11.0 Å². The van der Waals surface area contributed by atoms with Crippen molar-refractivity contribution in [3.8, 4) is 0 Å². The Morgan fingerprint density at radius 2 is 2.22 bits per heavy atom. The van der Waals surface area contributed by atoms with Crippen LogP contribution in [0.5, 0.6) is 0 Å². The number of rotatable bonds is 4. The summed E-state index contributed by atoms with van der Waals surface area (Å²) in [5.74, 6) is 1.30. The molecule has 0 aromatic rings. The zero-order valence-electron chi connectivity index (χ0n) is 11.2. The highest BCUT2D eigenvalue weighted by atomic mass is 16.2. The molecule has 0 radical (unpaired) electrons. The molecular formula is C14H23N3O. The van der Waals surface area contributed by atoms with Crippen LogP contribution in [0.2, 0.25) is 0 Å².